The molecule has 1 aromatic rings. The number of carbonyl (C=O) groups excluding carboxylic acids is 1. The molecule has 0 heterocycles. The van der Waals surface area contributed by atoms with E-state index in [1.165, 1.54) is 44.9 Å². The summed E-state index contributed by atoms with van der Waals surface area (Å²) in [7, 11) is 0. The Morgan fingerprint density at radius 2 is 1.52 bits per heavy atom. The molecule has 0 spiro atoms. The summed E-state index contributed by atoms with van der Waals surface area (Å²) < 4.78 is 5.25. The predicted molar refractivity (Wildman–Crippen MR) is 88.4 cm³/mol. The van der Waals surface area contributed by atoms with Crippen molar-refractivity contribution in [2.24, 2.45) is 0 Å². The van der Waals surface area contributed by atoms with Crippen LogP contribution in [0.25, 0.3) is 0 Å². The highest BCUT2D eigenvalue weighted by Crippen LogP contribution is 2.13. The number of benzene rings is 1. The molecule has 21 heavy (non-hydrogen) atoms. The standard InChI is InChI=1S/C18H29NO2/c1-2-3-4-5-6-7-8-9-12-15-21-18(20)16-13-10-11-14-17(16)19/h10-11,13-14H,2-9,12,15,19H2,1H3. The molecule has 0 saturated heterocycles. The first kappa shape index (κ1) is 17.5. The first-order chi connectivity index (χ1) is 10.3. The van der Waals surface area contributed by atoms with E-state index in [-0.39, 0.29) is 5.97 Å². The molecule has 0 unspecified atom stereocenters. The average molecular weight is 291 g/mol. The number of hydrogen-bond acceptors (Lipinski definition) is 3. The van der Waals surface area contributed by atoms with Crippen molar-refractivity contribution in [1.82, 2.24) is 0 Å². The molecule has 2 N–H and O–H groups in total. The van der Waals surface area contributed by atoms with Crippen LogP contribution in [0.4, 0.5) is 5.69 Å². The highest BCUT2D eigenvalue weighted by Gasteiger charge is 2.09. The van der Waals surface area contributed by atoms with Gasteiger partial charge in [-0.15, -0.1) is 0 Å². The number of ether oxygens (including phenoxy) is 1. The summed E-state index contributed by atoms with van der Waals surface area (Å²) in [6.45, 7) is 2.73. The minimum atomic E-state index is -0.312. The molecule has 0 amide bonds. The number of rotatable bonds is 11. The third kappa shape index (κ3) is 7.74. The molecule has 0 aliphatic rings. The van der Waals surface area contributed by atoms with Crippen LogP contribution in [0.2, 0.25) is 0 Å². The summed E-state index contributed by atoms with van der Waals surface area (Å²) in [6, 6.07) is 7.03. The van der Waals surface area contributed by atoms with Crippen molar-refractivity contribution >= 4 is 11.7 Å². The minimum absolute atomic E-state index is 0.312. The molecule has 0 fully saturated rings. The lowest BCUT2D eigenvalue weighted by molar-refractivity contribution is 0.0499. The van der Waals surface area contributed by atoms with Crippen LogP contribution >= 0.6 is 0 Å². The van der Waals surface area contributed by atoms with Crippen molar-refractivity contribution in [3.63, 3.8) is 0 Å². The largest absolute Gasteiger partial charge is 0.462 e. The highest BCUT2D eigenvalue weighted by atomic mass is 16.5. The maximum atomic E-state index is 11.8. The SMILES string of the molecule is CCCCCCCCCCCOC(=O)c1ccccc1N. The van der Waals surface area contributed by atoms with E-state index >= 15 is 0 Å². The molecule has 0 aromatic heterocycles. The Bertz CT molecular complexity index is 404. The second-order valence-electron chi connectivity index (χ2n) is 5.55. The fourth-order valence-corrected chi connectivity index (χ4v) is 2.34. The lowest BCUT2D eigenvalue weighted by Crippen LogP contribution is -2.09. The quantitative estimate of drug-likeness (QED) is 0.356. The first-order valence-corrected chi connectivity index (χ1v) is 8.27. The number of nitrogen functional groups attached to an aromatic ring is 1. The Kier molecular flexibility index (Phi) is 9.34. The van der Waals surface area contributed by atoms with E-state index in [0.29, 0.717) is 17.9 Å². The van der Waals surface area contributed by atoms with E-state index in [1.807, 2.05) is 6.07 Å². The summed E-state index contributed by atoms with van der Waals surface area (Å²) >= 11 is 0. The van der Waals surface area contributed by atoms with Gasteiger partial charge in [-0.2, -0.15) is 0 Å². The molecule has 0 bridgehead atoms. The summed E-state index contributed by atoms with van der Waals surface area (Å²) in [5.74, 6) is -0.312. The fourth-order valence-electron chi connectivity index (χ4n) is 2.34. The first-order valence-electron chi connectivity index (χ1n) is 8.27. The lowest BCUT2D eigenvalue weighted by atomic mass is 10.1. The molecular weight excluding hydrogens is 262 g/mol. The zero-order chi connectivity index (χ0) is 15.3. The van der Waals surface area contributed by atoms with Gasteiger partial charge in [-0.25, -0.2) is 4.79 Å². The summed E-state index contributed by atoms with van der Waals surface area (Å²) in [5, 5.41) is 0. The van der Waals surface area contributed by atoms with Crippen molar-refractivity contribution in [1.29, 1.82) is 0 Å². The molecule has 1 rings (SSSR count). The molecule has 0 aliphatic heterocycles. The van der Waals surface area contributed by atoms with E-state index in [0.717, 1.165) is 12.8 Å². The van der Waals surface area contributed by atoms with Crippen LogP contribution < -0.4 is 5.73 Å². The lowest BCUT2D eigenvalue weighted by Gasteiger charge is -2.06. The summed E-state index contributed by atoms with van der Waals surface area (Å²) in [5.41, 5.74) is 6.69. The van der Waals surface area contributed by atoms with Crippen LogP contribution in [0.15, 0.2) is 24.3 Å². The van der Waals surface area contributed by atoms with Crippen LogP contribution in [-0.2, 0) is 4.74 Å². The van der Waals surface area contributed by atoms with Gasteiger partial charge in [0, 0.05) is 5.69 Å². The van der Waals surface area contributed by atoms with Crippen molar-refractivity contribution in [2.75, 3.05) is 12.3 Å². The van der Waals surface area contributed by atoms with Crippen molar-refractivity contribution in [3.8, 4) is 0 Å². The van der Waals surface area contributed by atoms with Gasteiger partial charge in [0.05, 0.1) is 12.2 Å². The van der Waals surface area contributed by atoms with Gasteiger partial charge in [0.15, 0.2) is 0 Å². The molecule has 3 heteroatoms. The molecule has 1 aromatic carbocycles. The van der Waals surface area contributed by atoms with Gasteiger partial charge in [-0.05, 0) is 18.6 Å². The van der Waals surface area contributed by atoms with Gasteiger partial charge in [0.2, 0.25) is 0 Å². The Morgan fingerprint density at radius 1 is 0.952 bits per heavy atom. The van der Waals surface area contributed by atoms with E-state index in [9.17, 15) is 4.79 Å². The molecule has 0 saturated carbocycles. The second kappa shape index (κ2) is 11.2. The Morgan fingerprint density at radius 3 is 2.14 bits per heavy atom. The van der Waals surface area contributed by atoms with E-state index < -0.39 is 0 Å². The number of nitrogens with two attached hydrogens (primary N) is 1. The monoisotopic (exact) mass is 291 g/mol. The number of unbranched alkanes of at least 4 members (excludes halogenated alkanes) is 8. The van der Waals surface area contributed by atoms with Gasteiger partial charge in [-0.1, -0.05) is 70.4 Å². The number of para-hydroxylation sites is 1. The van der Waals surface area contributed by atoms with Crippen LogP contribution in [0.1, 0.15) is 75.1 Å². The van der Waals surface area contributed by atoms with Gasteiger partial charge in [0.25, 0.3) is 0 Å². The maximum Gasteiger partial charge on any atom is 0.340 e. The van der Waals surface area contributed by atoms with Gasteiger partial charge < -0.3 is 10.5 Å². The van der Waals surface area contributed by atoms with E-state index in [2.05, 4.69) is 6.92 Å². The number of anilines is 1. The van der Waals surface area contributed by atoms with Crippen LogP contribution in [0, 0.1) is 0 Å². The van der Waals surface area contributed by atoms with Gasteiger partial charge >= 0.3 is 5.97 Å². The van der Waals surface area contributed by atoms with E-state index in [4.69, 9.17) is 10.5 Å². The zero-order valence-corrected chi connectivity index (χ0v) is 13.3. The summed E-state index contributed by atoms with van der Waals surface area (Å²) in [6.07, 6.45) is 11.3. The fraction of sp³-hybridized carbons (Fsp3) is 0.611. The molecule has 118 valence electrons. The smallest absolute Gasteiger partial charge is 0.340 e. The van der Waals surface area contributed by atoms with Crippen molar-refractivity contribution < 1.29 is 9.53 Å². The molecule has 0 atom stereocenters. The van der Waals surface area contributed by atoms with Crippen molar-refractivity contribution in [2.45, 2.75) is 64.7 Å². The second-order valence-corrected chi connectivity index (χ2v) is 5.55. The average Bonchev–Trinajstić information content (AvgIpc) is 2.49. The molecule has 0 aliphatic carbocycles. The highest BCUT2D eigenvalue weighted by molar-refractivity contribution is 5.94. The molecular formula is C18H29NO2. The van der Waals surface area contributed by atoms with Crippen molar-refractivity contribution in [3.05, 3.63) is 29.8 Å². The predicted octanol–water partition coefficient (Wildman–Crippen LogP) is 4.96. The zero-order valence-electron chi connectivity index (χ0n) is 13.3. The molecule has 3 nitrogen and oxygen atoms in total. The molecule has 0 radical (unpaired) electrons. The van der Waals surface area contributed by atoms with E-state index in [1.54, 1.807) is 18.2 Å². The van der Waals surface area contributed by atoms with Gasteiger partial charge in [-0.3, -0.25) is 0 Å². The number of esters is 1. The Labute approximate surface area is 128 Å². The Hall–Kier alpha value is -1.51. The minimum Gasteiger partial charge on any atom is -0.462 e. The van der Waals surface area contributed by atoms with Crippen LogP contribution in [0.3, 0.4) is 0 Å². The summed E-state index contributed by atoms with van der Waals surface area (Å²) in [4.78, 5) is 11.8. The van der Waals surface area contributed by atoms with Gasteiger partial charge in [0.1, 0.15) is 0 Å². The maximum absolute atomic E-state index is 11.8. The number of hydrogen-bond donors (Lipinski definition) is 1. The topological polar surface area (TPSA) is 52.3 Å². The normalized spacial score (nSPS) is 10.5. The van der Waals surface area contributed by atoms with Crippen LogP contribution in [-0.4, -0.2) is 12.6 Å². The van der Waals surface area contributed by atoms with Crippen LogP contribution in [0.5, 0.6) is 0 Å². The third-order valence-corrected chi connectivity index (χ3v) is 3.66. The number of carbonyl (C=O) groups is 1. The Balaban J connectivity index is 1.99. The third-order valence-electron chi connectivity index (χ3n) is 3.66.